The lowest BCUT2D eigenvalue weighted by Crippen LogP contribution is -2.32. The summed E-state index contributed by atoms with van der Waals surface area (Å²) in [5.41, 5.74) is 5.09. The first-order valence-electron chi connectivity index (χ1n) is 9.67. The fourth-order valence-corrected chi connectivity index (χ4v) is 3.95. The third-order valence-electron chi connectivity index (χ3n) is 5.43. The molecule has 0 unspecified atom stereocenters. The normalized spacial score (nSPS) is 16.7. The fourth-order valence-electron chi connectivity index (χ4n) is 3.95. The van der Waals surface area contributed by atoms with Gasteiger partial charge in [-0.1, -0.05) is 6.07 Å². The van der Waals surface area contributed by atoms with Crippen LogP contribution in [-0.4, -0.2) is 23.1 Å². The number of fused-ring (bicyclic) bond motifs is 1. The Labute approximate surface area is 155 Å². The molecule has 1 aliphatic carbocycles. The van der Waals surface area contributed by atoms with Crippen molar-refractivity contribution in [2.24, 2.45) is 0 Å². The van der Waals surface area contributed by atoms with Crippen molar-refractivity contribution < 1.29 is 0 Å². The van der Waals surface area contributed by atoms with E-state index in [-0.39, 0.29) is 0 Å². The molecule has 1 N–H and O–H groups in total. The molecule has 1 aromatic heterocycles. The van der Waals surface area contributed by atoms with E-state index in [1.165, 1.54) is 43.4 Å². The largest absolute Gasteiger partial charge is 0.356 e. The second-order valence-electron chi connectivity index (χ2n) is 7.32. The Morgan fingerprint density at radius 2 is 1.85 bits per heavy atom. The minimum atomic E-state index is 0.652. The van der Waals surface area contributed by atoms with Gasteiger partial charge in [-0.25, -0.2) is 4.98 Å². The third kappa shape index (κ3) is 3.37. The number of aryl methyl sites for hydroxylation is 2. The van der Waals surface area contributed by atoms with Crippen molar-refractivity contribution in [3.05, 3.63) is 40.6 Å². The number of anilines is 3. The molecule has 0 spiro atoms. The van der Waals surface area contributed by atoms with E-state index in [0.29, 0.717) is 11.5 Å². The van der Waals surface area contributed by atoms with Gasteiger partial charge in [-0.2, -0.15) is 10.2 Å². The first kappa shape index (κ1) is 16.8. The zero-order chi connectivity index (χ0) is 17.9. The van der Waals surface area contributed by atoms with Crippen molar-refractivity contribution in [1.29, 1.82) is 5.26 Å². The number of aromatic nitrogens is 2. The number of hydrogen-bond donors (Lipinski definition) is 1. The summed E-state index contributed by atoms with van der Waals surface area (Å²) in [6, 6.07) is 8.07. The van der Waals surface area contributed by atoms with E-state index in [9.17, 15) is 5.26 Å². The molecule has 0 atom stereocenters. The standard InChI is InChI=1S/C21H25N5/c1-15-9-10-17(13-16(15)14-22)23-21-24-19-8-4-3-7-18(19)20(25-21)26-11-5-2-6-12-26/h9-10,13H,2-8,11-12H2,1H3,(H,23,24,25). The van der Waals surface area contributed by atoms with Crippen molar-refractivity contribution >= 4 is 17.5 Å². The molecular weight excluding hydrogens is 322 g/mol. The van der Waals surface area contributed by atoms with Crippen LogP contribution < -0.4 is 10.2 Å². The molecule has 2 aromatic rings. The molecule has 0 bridgehead atoms. The molecule has 5 nitrogen and oxygen atoms in total. The highest BCUT2D eigenvalue weighted by atomic mass is 15.2. The van der Waals surface area contributed by atoms with Gasteiger partial charge in [0.05, 0.1) is 17.3 Å². The van der Waals surface area contributed by atoms with Gasteiger partial charge in [-0.15, -0.1) is 0 Å². The van der Waals surface area contributed by atoms with Crippen LogP contribution >= 0.6 is 0 Å². The van der Waals surface area contributed by atoms with Gasteiger partial charge < -0.3 is 10.2 Å². The van der Waals surface area contributed by atoms with E-state index in [4.69, 9.17) is 9.97 Å². The van der Waals surface area contributed by atoms with Gasteiger partial charge >= 0.3 is 0 Å². The van der Waals surface area contributed by atoms with Crippen molar-refractivity contribution in [3.8, 4) is 6.07 Å². The Morgan fingerprint density at radius 3 is 2.65 bits per heavy atom. The van der Waals surface area contributed by atoms with E-state index < -0.39 is 0 Å². The monoisotopic (exact) mass is 347 g/mol. The molecular formula is C21H25N5. The smallest absolute Gasteiger partial charge is 0.229 e. The predicted octanol–water partition coefficient (Wildman–Crippen LogP) is 4.27. The van der Waals surface area contributed by atoms with E-state index >= 15 is 0 Å². The number of hydrogen-bond acceptors (Lipinski definition) is 5. The van der Waals surface area contributed by atoms with Crippen LogP contribution in [0.25, 0.3) is 0 Å². The summed E-state index contributed by atoms with van der Waals surface area (Å²) >= 11 is 0. The average Bonchev–Trinajstić information content (AvgIpc) is 2.69. The lowest BCUT2D eigenvalue weighted by Gasteiger charge is -2.31. The second kappa shape index (κ2) is 7.33. The van der Waals surface area contributed by atoms with E-state index in [1.54, 1.807) is 0 Å². The molecule has 1 saturated heterocycles. The quantitative estimate of drug-likeness (QED) is 0.898. The van der Waals surface area contributed by atoms with Crippen molar-refractivity contribution in [1.82, 2.24) is 9.97 Å². The third-order valence-corrected chi connectivity index (χ3v) is 5.43. The van der Waals surface area contributed by atoms with Crippen molar-refractivity contribution in [2.75, 3.05) is 23.3 Å². The maximum Gasteiger partial charge on any atom is 0.229 e. The summed E-state index contributed by atoms with van der Waals surface area (Å²) in [6.07, 6.45) is 8.35. The Morgan fingerprint density at radius 1 is 1.04 bits per heavy atom. The molecule has 5 heteroatoms. The second-order valence-corrected chi connectivity index (χ2v) is 7.32. The molecule has 1 fully saturated rings. The molecule has 1 aromatic carbocycles. The fraction of sp³-hybridized carbons (Fsp3) is 0.476. The Bertz CT molecular complexity index is 846. The predicted molar refractivity (Wildman–Crippen MR) is 104 cm³/mol. The number of nitrogens with zero attached hydrogens (tertiary/aromatic N) is 4. The van der Waals surface area contributed by atoms with Gasteiger partial charge in [-0.05, 0) is 69.6 Å². The van der Waals surface area contributed by atoms with Crippen LogP contribution in [0.15, 0.2) is 18.2 Å². The maximum atomic E-state index is 9.27. The SMILES string of the molecule is Cc1ccc(Nc2nc3c(c(N4CCCCC4)n2)CCCC3)cc1C#N. The molecule has 0 saturated carbocycles. The van der Waals surface area contributed by atoms with E-state index in [0.717, 1.165) is 43.0 Å². The number of rotatable bonds is 3. The Kier molecular flexibility index (Phi) is 4.75. The zero-order valence-electron chi connectivity index (χ0n) is 15.4. The summed E-state index contributed by atoms with van der Waals surface area (Å²) in [6.45, 7) is 4.13. The van der Waals surface area contributed by atoms with Gasteiger partial charge in [0, 0.05) is 24.3 Å². The summed E-state index contributed by atoms with van der Waals surface area (Å²) in [7, 11) is 0. The minimum absolute atomic E-state index is 0.652. The molecule has 4 rings (SSSR count). The number of benzene rings is 1. The van der Waals surface area contributed by atoms with Crippen molar-refractivity contribution in [2.45, 2.75) is 51.9 Å². The Hall–Kier alpha value is -2.61. The van der Waals surface area contributed by atoms with Crippen LogP contribution in [0.1, 0.15) is 54.5 Å². The topological polar surface area (TPSA) is 64.8 Å². The average molecular weight is 347 g/mol. The highest BCUT2D eigenvalue weighted by Crippen LogP contribution is 2.31. The Balaban J connectivity index is 1.69. The number of nitrogens with one attached hydrogen (secondary N) is 1. The maximum absolute atomic E-state index is 9.27. The van der Waals surface area contributed by atoms with Crippen molar-refractivity contribution in [3.63, 3.8) is 0 Å². The van der Waals surface area contributed by atoms with E-state index in [2.05, 4.69) is 16.3 Å². The molecule has 26 heavy (non-hydrogen) atoms. The van der Waals surface area contributed by atoms with Crippen LogP contribution in [0.3, 0.4) is 0 Å². The molecule has 134 valence electrons. The van der Waals surface area contributed by atoms with Gasteiger partial charge in [0.25, 0.3) is 0 Å². The summed E-state index contributed by atoms with van der Waals surface area (Å²) in [5.74, 6) is 1.78. The first-order valence-corrected chi connectivity index (χ1v) is 9.67. The van der Waals surface area contributed by atoms with E-state index in [1.807, 2.05) is 25.1 Å². The minimum Gasteiger partial charge on any atom is -0.356 e. The number of nitriles is 1. The molecule has 2 heterocycles. The molecule has 1 aliphatic heterocycles. The van der Waals surface area contributed by atoms with Crippen LogP contribution in [0.5, 0.6) is 0 Å². The first-order chi connectivity index (χ1) is 12.7. The lowest BCUT2D eigenvalue weighted by molar-refractivity contribution is 0.566. The molecule has 2 aliphatic rings. The lowest BCUT2D eigenvalue weighted by atomic mass is 9.95. The molecule has 0 radical (unpaired) electrons. The summed E-state index contributed by atoms with van der Waals surface area (Å²) in [5, 5.41) is 12.6. The van der Waals surface area contributed by atoms with Gasteiger partial charge in [-0.3, -0.25) is 0 Å². The van der Waals surface area contributed by atoms with Crippen LogP contribution in [-0.2, 0) is 12.8 Å². The highest BCUT2D eigenvalue weighted by Gasteiger charge is 2.23. The van der Waals surface area contributed by atoms with Crippen LogP contribution in [0, 0.1) is 18.3 Å². The van der Waals surface area contributed by atoms with Crippen LogP contribution in [0.2, 0.25) is 0 Å². The van der Waals surface area contributed by atoms with Crippen LogP contribution in [0.4, 0.5) is 17.5 Å². The highest BCUT2D eigenvalue weighted by molar-refractivity contribution is 5.61. The van der Waals surface area contributed by atoms with Gasteiger partial charge in [0.1, 0.15) is 5.82 Å². The van der Waals surface area contributed by atoms with Gasteiger partial charge in [0.15, 0.2) is 0 Å². The number of piperidine rings is 1. The van der Waals surface area contributed by atoms with Gasteiger partial charge in [0.2, 0.25) is 5.95 Å². The zero-order valence-corrected chi connectivity index (χ0v) is 15.4. The summed E-state index contributed by atoms with van der Waals surface area (Å²) in [4.78, 5) is 12.2. The summed E-state index contributed by atoms with van der Waals surface area (Å²) < 4.78 is 0. The molecule has 0 amide bonds.